The van der Waals surface area contributed by atoms with Crippen molar-refractivity contribution in [3.63, 3.8) is 0 Å². The molecule has 0 aromatic heterocycles. The Hall–Kier alpha value is -3.67. The Bertz CT molecular complexity index is 779. The predicted molar refractivity (Wildman–Crippen MR) is 95.8 cm³/mol. The highest BCUT2D eigenvalue weighted by atomic mass is 16.4. The number of nitrogens with one attached hydrogen (secondary N) is 2. The number of hydrogen-bond acceptors (Lipinski definition) is 7. The molecule has 8 N–H and O–H groups in total. The molecule has 1 aromatic carbocycles. The largest absolute Gasteiger partial charge is 0.508 e. The second-order valence-corrected chi connectivity index (χ2v) is 6.13. The van der Waals surface area contributed by atoms with Crippen molar-refractivity contribution in [2.45, 2.75) is 37.4 Å². The van der Waals surface area contributed by atoms with E-state index in [4.69, 9.17) is 15.9 Å². The highest BCUT2D eigenvalue weighted by Crippen LogP contribution is 2.11. The highest BCUT2D eigenvalue weighted by Gasteiger charge is 2.30. The quantitative estimate of drug-likeness (QED) is 0.218. The number of rotatable bonds is 11. The number of carbonyl (C=O) groups is 5. The molecule has 0 fully saturated rings. The van der Waals surface area contributed by atoms with Crippen molar-refractivity contribution in [1.82, 2.24) is 10.6 Å². The average molecular weight is 411 g/mol. The number of aromatic hydroxyl groups is 1. The first-order valence-electron chi connectivity index (χ1n) is 8.30. The van der Waals surface area contributed by atoms with Gasteiger partial charge in [-0.2, -0.15) is 0 Å². The van der Waals surface area contributed by atoms with Gasteiger partial charge in [0, 0.05) is 6.42 Å². The average Bonchev–Trinajstić information content (AvgIpc) is 2.61. The summed E-state index contributed by atoms with van der Waals surface area (Å²) in [6, 6.07) is 0.900. The van der Waals surface area contributed by atoms with Crippen LogP contribution in [-0.2, 0) is 30.4 Å². The number of carbonyl (C=O) groups excluding carboxylic acids is 2. The van der Waals surface area contributed by atoms with Gasteiger partial charge in [-0.25, -0.2) is 4.79 Å². The second-order valence-electron chi connectivity index (χ2n) is 6.13. The molecular weight excluding hydrogens is 390 g/mol. The lowest BCUT2D eigenvalue weighted by Crippen LogP contribution is -2.55. The van der Waals surface area contributed by atoms with Crippen LogP contribution in [-0.4, -0.2) is 68.3 Å². The smallest absolute Gasteiger partial charge is 0.326 e. The normalized spacial score (nSPS) is 13.6. The SMILES string of the molecule is N[C@@H](CC(=O)O)C(=O)N[C@@H](CC(=O)O)C(=O)N[C@@H](Cc1ccc(O)cc1)C(=O)O. The molecule has 1 aromatic rings. The molecule has 0 spiro atoms. The molecule has 29 heavy (non-hydrogen) atoms. The van der Waals surface area contributed by atoms with Crippen LogP contribution in [0.2, 0.25) is 0 Å². The van der Waals surface area contributed by atoms with Gasteiger partial charge in [0.25, 0.3) is 0 Å². The summed E-state index contributed by atoms with van der Waals surface area (Å²) in [5, 5.41) is 40.3. The standard InChI is InChI=1S/C17H21N3O9/c18-10(6-13(22)23)15(26)19-11(7-14(24)25)16(27)20-12(17(28)29)5-8-1-3-9(21)4-2-8/h1-4,10-12,21H,5-7,18H2,(H,19,26)(H,20,27)(H,22,23)(H,24,25)(H,28,29)/t10-,11-,12-/m0/s1. The van der Waals surface area contributed by atoms with E-state index >= 15 is 0 Å². The zero-order valence-corrected chi connectivity index (χ0v) is 15.1. The Morgan fingerprint density at radius 3 is 1.83 bits per heavy atom. The number of carboxylic acids is 3. The van der Waals surface area contributed by atoms with Gasteiger partial charge >= 0.3 is 17.9 Å². The topological polar surface area (TPSA) is 216 Å². The number of hydrogen-bond donors (Lipinski definition) is 7. The maximum Gasteiger partial charge on any atom is 0.326 e. The van der Waals surface area contributed by atoms with Gasteiger partial charge in [-0.3, -0.25) is 19.2 Å². The molecule has 0 saturated carbocycles. The van der Waals surface area contributed by atoms with E-state index in [-0.39, 0.29) is 12.2 Å². The van der Waals surface area contributed by atoms with Crippen LogP contribution < -0.4 is 16.4 Å². The van der Waals surface area contributed by atoms with E-state index < -0.39 is 60.7 Å². The third kappa shape index (κ3) is 8.26. The Balaban J connectivity index is 2.88. The maximum absolute atomic E-state index is 12.4. The fourth-order valence-corrected chi connectivity index (χ4v) is 2.28. The zero-order chi connectivity index (χ0) is 22.1. The Kier molecular flexibility index (Phi) is 8.55. The molecule has 158 valence electrons. The molecule has 12 heteroatoms. The molecule has 0 radical (unpaired) electrons. The van der Waals surface area contributed by atoms with Gasteiger partial charge in [-0.1, -0.05) is 12.1 Å². The van der Waals surface area contributed by atoms with Crippen molar-refractivity contribution >= 4 is 29.7 Å². The van der Waals surface area contributed by atoms with Crippen molar-refractivity contribution < 1.29 is 44.4 Å². The molecule has 12 nitrogen and oxygen atoms in total. The van der Waals surface area contributed by atoms with Crippen molar-refractivity contribution in [3.05, 3.63) is 29.8 Å². The molecule has 0 bridgehead atoms. The van der Waals surface area contributed by atoms with Crippen molar-refractivity contribution in [1.29, 1.82) is 0 Å². The Morgan fingerprint density at radius 1 is 0.828 bits per heavy atom. The van der Waals surface area contributed by atoms with E-state index in [1.165, 1.54) is 24.3 Å². The minimum atomic E-state index is -1.67. The summed E-state index contributed by atoms with van der Waals surface area (Å²) in [7, 11) is 0. The van der Waals surface area contributed by atoms with Crippen LogP contribution >= 0.6 is 0 Å². The number of benzene rings is 1. The lowest BCUT2D eigenvalue weighted by Gasteiger charge is -2.21. The number of phenols is 1. The first-order chi connectivity index (χ1) is 13.5. The Morgan fingerprint density at radius 2 is 1.34 bits per heavy atom. The summed E-state index contributed by atoms with van der Waals surface area (Å²) in [4.78, 5) is 57.3. The van der Waals surface area contributed by atoms with Crippen LogP contribution in [0.1, 0.15) is 18.4 Å². The zero-order valence-electron chi connectivity index (χ0n) is 15.1. The van der Waals surface area contributed by atoms with E-state index in [1.54, 1.807) is 0 Å². The highest BCUT2D eigenvalue weighted by molar-refractivity contribution is 5.94. The van der Waals surface area contributed by atoms with Crippen LogP contribution in [0.5, 0.6) is 5.75 Å². The summed E-state index contributed by atoms with van der Waals surface area (Å²) in [5.74, 6) is -6.43. The summed E-state index contributed by atoms with van der Waals surface area (Å²) < 4.78 is 0. The third-order valence-electron chi connectivity index (χ3n) is 3.73. The van der Waals surface area contributed by atoms with Crippen LogP contribution in [0.3, 0.4) is 0 Å². The van der Waals surface area contributed by atoms with E-state index in [0.29, 0.717) is 5.56 Å². The molecule has 3 atom stereocenters. The van der Waals surface area contributed by atoms with Gasteiger partial charge in [-0.15, -0.1) is 0 Å². The fraction of sp³-hybridized carbons (Fsp3) is 0.353. The van der Waals surface area contributed by atoms with Gasteiger partial charge in [0.15, 0.2) is 0 Å². The summed E-state index contributed by atoms with van der Waals surface area (Å²) >= 11 is 0. The molecule has 0 aliphatic carbocycles. The Labute approximate surface area is 164 Å². The van der Waals surface area contributed by atoms with Crippen molar-refractivity contribution in [3.8, 4) is 5.75 Å². The first kappa shape index (κ1) is 23.4. The fourth-order valence-electron chi connectivity index (χ4n) is 2.28. The number of carboxylic acid groups (broad SMARTS) is 3. The van der Waals surface area contributed by atoms with E-state index in [2.05, 4.69) is 5.32 Å². The molecule has 0 heterocycles. The predicted octanol–water partition coefficient (Wildman–Crippen LogP) is -1.73. The van der Waals surface area contributed by atoms with Crippen molar-refractivity contribution in [2.75, 3.05) is 0 Å². The number of phenolic OH excluding ortho intramolecular Hbond substituents is 1. The van der Waals surface area contributed by atoms with Crippen molar-refractivity contribution in [2.24, 2.45) is 5.73 Å². The maximum atomic E-state index is 12.4. The number of amides is 2. The lowest BCUT2D eigenvalue weighted by atomic mass is 10.0. The molecule has 0 aliphatic rings. The van der Waals surface area contributed by atoms with Gasteiger partial charge in [0.05, 0.1) is 18.9 Å². The minimum Gasteiger partial charge on any atom is -0.508 e. The van der Waals surface area contributed by atoms with Crippen LogP contribution in [0.4, 0.5) is 0 Å². The van der Waals surface area contributed by atoms with Gasteiger partial charge < -0.3 is 36.8 Å². The monoisotopic (exact) mass is 411 g/mol. The van der Waals surface area contributed by atoms with Gasteiger partial charge in [0.1, 0.15) is 17.8 Å². The third-order valence-corrected chi connectivity index (χ3v) is 3.73. The molecule has 0 saturated heterocycles. The second kappa shape index (κ2) is 10.6. The van der Waals surface area contributed by atoms with Crippen LogP contribution in [0, 0.1) is 0 Å². The molecular formula is C17H21N3O9. The van der Waals surface area contributed by atoms with E-state index in [1.807, 2.05) is 5.32 Å². The van der Waals surface area contributed by atoms with E-state index in [0.717, 1.165) is 0 Å². The molecule has 0 unspecified atom stereocenters. The summed E-state index contributed by atoms with van der Waals surface area (Å²) in [6.45, 7) is 0. The van der Waals surface area contributed by atoms with Crippen LogP contribution in [0.15, 0.2) is 24.3 Å². The number of aliphatic carboxylic acids is 3. The first-order valence-corrected chi connectivity index (χ1v) is 8.30. The summed E-state index contributed by atoms with van der Waals surface area (Å²) in [6.07, 6.45) is -1.79. The van der Waals surface area contributed by atoms with Crippen LogP contribution in [0.25, 0.3) is 0 Å². The molecule has 0 aliphatic heterocycles. The van der Waals surface area contributed by atoms with Gasteiger partial charge in [-0.05, 0) is 17.7 Å². The van der Waals surface area contributed by atoms with E-state index in [9.17, 15) is 34.2 Å². The molecule has 1 rings (SSSR count). The lowest BCUT2D eigenvalue weighted by molar-refractivity contribution is -0.144. The minimum absolute atomic E-state index is 0.0356. The molecule has 2 amide bonds. The number of nitrogens with two attached hydrogens (primary N) is 1. The van der Waals surface area contributed by atoms with Gasteiger partial charge in [0.2, 0.25) is 11.8 Å². The summed E-state index contributed by atoms with van der Waals surface area (Å²) in [5.41, 5.74) is 5.84.